The van der Waals surface area contributed by atoms with Gasteiger partial charge in [0.1, 0.15) is 5.75 Å². The Kier molecular flexibility index (Phi) is 4.79. The molecule has 0 heterocycles. The van der Waals surface area contributed by atoms with Gasteiger partial charge in [-0.3, -0.25) is 4.79 Å². The number of aryl methyl sites for hydroxylation is 1. The summed E-state index contributed by atoms with van der Waals surface area (Å²) in [7, 11) is 0. The smallest absolute Gasteiger partial charge is 0.258 e. The summed E-state index contributed by atoms with van der Waals surface area (Å²) in [6, 6.07) is 7.51. The van der Waals surface area contributed by atoms with Gasteiger partial charge in [-0.2, -0.15) is 0 Å². The number of rotatable bonds is 5. The van der Waals surface area contributed by atoms with Gasteiger partial charge in [0.05, 0.1) is 6.10 Å². The van der Waals surface area contributed by atoms with Crippen LogP contribution >= 0.6 is 0 Å². The second-order valence-electron chi connectivity index (χ2n) is 3.71. The molecule has 0 radical (unpaired) electrons. The maximum absolute atomic E-state index is 11.3. The Hall–Kier alpha value is -1.55. The van der Waals surface area contributed by atoms with Gasteiger partial charge in [-0.15, -0.1) is 0 Å². The topological polar surface area (TPSA) is 58.6 Å². The Bertz CT molecular complexity index is 350. The monoisotopic (exact) mass is 223 g/mol. The van der Waals surface area contributed by atoms with Crippen LogP contribution in [0.25, 0.3) is 0 Å². The molecule has 1 aromatic rings. The third-order valence-corrected chi connectivity index (χ3v) is 2.05. The Balaban J connectivity index is 2.35. The van der Waals surface area contributed by atoms with E-state index in [0.717, 1.165) is 5.56 Å². The number of carbonyl (C=O) groups is 1. The van der Waals surface area contributed by atoms with Crippen molar-refractivity contribution in [3.05, 3.63) is 29.8 Å². The Labute approximate surface area is 95.2 Å². The molecule has 0 saturated carbocycles. The van der Waals surface area contributed by atoms with E-state index in [9.17, 15) is 4.79 Å². The first-order chi connectivity index (χ1) is 7.59. The third kappa shape index (κ3) is 4.31. The molecule has 16 heavy (non-hydrogen) atoms. The predicted molar refractivity (Wildman–Crippen MR) is 61.4 cm³/mol. The van der Waals surface area contributed by atoms with Gasteiger partial charge in [0.2, 0.25) is 0 Å². The molecule has 0 aliphatic rings. The molecular formula is C12H17NO3. The fourth-order valence-corrected chi connectivity index (χ4v) is 1.17. The van der Waals surface area contributed by atoms with Crippen molar-refractivity contribution in [1.82, 2.24) is 5.32 Å². The summed E-state index contributed by atoms with van der Waals surface area (Å²) in [5.74, 6) is 0.471. The molecule has 88 valence electrons. The van der Waals surface area contributed by atoms with Crippen molar-refractivity contribution in [2.24, 2.45) is 0 Å². The van der Waals surface area contributed by atoms with E-state index in [-0.39, 0.29) is 19.1 Å². The van der Waals surface area contributed by atoms with Crippen molar-refractivity contribution < 1.29 is 14.6 Å². The van der Waals surface area contributed by atoms with Gasteiger partial charge in [-0.05, 0) is 25.5 Å². The molecule has 0 fully saturated rings. The number of aliphatic hydroxyl groups is 1. The summed E-state index contributed by atoms with van der Waals surface area (Å²) >= 11 is 0. The third-order valence-electron chi connectivity index (χ3n) is 2.05. The summed E-state index contributed by atoms with van der Waals surface area (Å²) < 4.78 is 5.34. The van der Waals surface area contributed by atoms with Gasteiger partial charge in [0, 0.05) is 6.54 Å². The van der Waals surface area contributed by atoms with Gasteiger partial charge in [-0.25, -0.2) is 0 Å². The van der Waals surface area contributed by atoms with E-state index in [4.69, 9.17) is 9.84 Å². The van der Waals surface area contributed by atoms with E-state index in [1.54, 1.807) is 6.92 Å². The maximum atomic E-state index is 11.3. The molecule has 0 aliphatic heterocycles. The average molecular weight is 223 g/mol. The first-order valence-corrected chi connectivity index (χ1v) is 5.23. The first-order valence-electron chi connectivity index (χ1n) is 5.23. The SMILES string of the molecule is Cc1ccccc1OCC(=O)NC[C@@H](C)O. The lowest BCUT2D eigenvalue weighted by Crippen LogP contribution is -2.34. The minimum absolute atomic E-state index is 0.0302. The first kappa shape index (κ1) is 12.5. The van der Waals surface area contributed by atoms with Gasteiger partial charge >= 0.3 is 0 Å². The van der Waals surface area contributed by atoms with E-state index in [0.29, 0.717) is 5.75 Å². The molecule has 0 aromatic heterocycles. The molecule has 0 unspecified atom stereocenters. The number of benzene rings is 1. The number of aliphatic hydroxyl groups excluding tert-OH is 1. The highest BCUT2D eigenvalue weighted by Crippen LogP contribution is 2.15. The molecule has 1 atom stereocenters. The predicted octanol–water partition coefficient (Wildman–Crippen LogP) is 0.871. The number of hydrogen-bond acceptors (Lipinski definition) is 3. The van der Waals surface area contributed by atoms with E-state index in [1.165, 1.54) is 0 Å². The largest absolute Gasteiger partial charge is 0.484 e. The van der Waals surface area contributed by atoms with E-state index >= 15 is 0 Å². The van der Waals surface area contributed by atoms with Gasteiger partial charge < -0.3 is 15.2 Å². The quantitative estimate of drug-likeness (QED) is 0.778. The number of para-hydroxylation sites is 1. The summed E-state index contributed by atoms with van der Waals surface area (Å²) in [6.45, 7) is 3.75. The van der Waals surface area contributed by atoms with Crippen LogP contribution in [0.1, 0.15) is 12.5 Å². The van der Waals surface area contributed by atoms with Gasteiger partial charge in [0.25, 0.3) is 5.91 Å². The van der Waals surface area contributed by atoms with Crippen LogP contribution in [0, 0.1) is 6.92 Å². The lowest BCUT2D eigenvalue weighted by Gasteiger charge is -2.10. The van der Waals surface area contributed by atoms with Crippen LogP contribution in [0.15, 0.2) is 24.3 Å². The standard InChI is InChI=1S/C12H17NO3/c1-9-5-3-4-6-11(9)16-8-12(15)13-7-10(2)14/h3-6,10,14H,7-8H2,1-2H3,(H,13,15)/t10-/m1/s1. The number of amides is 1. The second-order valence-corrected chi connectivity index (χ2v) is 3.71. The normalized spacial score (nSPS) is 11.9. The van der Waals surface area contributed by atoms with E-state index in [2.05, 4.69) is 5.32 Å². The lowest BCUT2D eigenvalue weighted by atomic mass is 10.2. The molecule has 1 aromatic carbocycles. The Morgan fingerprint density at radius 2 is 2.19 bits per heavy atom. The van der Waals surface area contributed by atoms with Crippen molar-refractivity contribution in [3.63, 3.8) is 0 Å². The van der Waals surface area contributed by atoms with E-state index in [1.807, 2.05) is 31.2 Å². The zero-order chi connectivity index (χ0) is 12.0. The number of nitrogens with one attached hydrogen (secondary N) is 1. The highest BCUT2D eigenvalue weighted by Gasteiger charge is 2.04. The number of carbonyl (C=O) groups excluding carboxylic acids is 1. The molecule has 0 bridgehead atoms. The summed E-state index contributed by atoms with van der Waals surface area (Å²) in [5.41, 5.74) is 0.992. The minimum Gasteiger partial charge on any atom is -0.484 e. The van der Waals surface area contributed by atoms with Gasteiger partial charge in [-0.1, -0.05) is 18.2 Å². The molecule has 1 amide bonds. The molecular weight excluding hydrogens is 206 g/mol. The van der Waals surface area contributed by atoms with Crippen molar-refractivity contribution in [1.29, 1.82) is 0 Å². The molecule has 0 spiro atoms. The highest BCUT2D eigenvalue weighted by atomic mass is 16.5. The summed E-state index contributed by atoms with van der Waals surface area (Å²) in [6.07, 6.45) is -0.539. The average Bonchev–Trinajstić information content (AvgIpc) is 2.25. The van der Waals surface area contributed by atoms with Crippen LogP contribution in [0.3, 0.4) is 0 Å². The Morgan fingerprint density at radius 1 is 1.50 bits per heavy atom. The van der Waals surface area contributed by atoms with Crippen molar-refractivity contribution in [2.45, 2.75) is 20.0 Å². The second kappa shape index (κ2) is 6.12. The number of ether oxygens (including phenoxy) is 1. The van der Waals surface area contributed by atoms with Crippen molar-refractivity contribution >= 4 is 5.91 Å². The Morgan fingerprint density at radius 3 is 2.81 bits per heavy atom. The van der Waals surface area contributed by atoms with Crippen molar-refractivity contribution in [3.8, 4) is 5.75 Å². The molecule has 0 aliphatic carbocycles. The maximum Gasteiger partial charge on any atom is 0.258 e. The zero-order valence-electron chi connectivity index (χ0n) is 9.56. The minimum atomic E-state index is -0.539. The molecule has 2 N–H and O–H groups in total. The molecule has 0 saturated heterocycles. The summed E-state index contributed by atoms with van der Waals surface area (Å²) in [5, 5.41) is 11.5. The fraction of sp³-hybridized carbons (Fsp3) is 0.417. The fourth-order valence-electron chi connectivity index (χ4n) is 1.17. The van der Waals surface area contributed by atoms with E-state index < -0.39 is 6.10 Å². The molecule has 4 nitrogen and oxygen atoms in total. The van der Waals surface area contributed by atoms with Crippen LogP contribution in [-0.2, 0) is 4.79 Å². The molecule has 4 heteroatoms. The van der Waals surface area contributed by atoms with Crippen molar-refractivity contribution in [2.75, 3.05) is 13.2 Å². The zero-order valence-corrected chi connectivity index (χ0v) is 9.56. The van der Waals surface area contributed by atoms with Crippen LogP contribution in [0.4, 0.5) is 0 Å². The van der Waals surface area contributed by atoms with Crippen LogP contribution in [-0.4, -0.2) is 30.3 Å². The lowest BCUT2D eigenvalue weighted by molar-refractivity contribution is -0.123. The van der Waals surface area contributed by atoms with Crippen LogP contribution in [0.5, 0.6) is 5.75 Å². The summed E-state index contributed by atoms with van der Waals surface area (Å²) in [4.78, 5) is 11.3. The molecule has 1 rings (SSSR count). The van der Waals surface area contributed by atoms with Gasteiger partial charge in [0.15, 0.2) is 6.61 Å². The van der Waals surface area contributed by atoms with Crippen LogP contribution < -0.4 is 10.1 Å². The van der Waals surface area contributed by atoms with Crippen LogP contribution in [0.2, 0.25) is 0 Å². The number of hydrogen-bond donors (Lipinski definition) is 2. The highest BCUT2D eigenvalue weighted by molar-refractivity contribution is 5.77.